The predicted molar refractivity (Wildman–Crippen MR) is 70.5 cm³/mol. The third kappa shape index (κ3) is 6.01. The fraction of sp³-hybridized carbons (Fsp3) is 0.429. The fourth-order valence-electron chi connectivity index (χ4n) is 1.75. The highest BCUT2D eigenvalue weighted by Crippen LogP contribution is 2.12. The Balaban J connectivity index is 2.35. The van der Waals surface area contributed by atoms with Gasteiger partial charge in [0.2, 0.25) is 5.91 Å². The molecule has 0 unspecified atom stereocenters. The first-order chi connectivity index (χ1) is 9.13. The first-order valence-corrected chi connectivity index (χ1v) is 6.30. The SMILES string of the molecule is O=C(O)CCCCC(=O)N[C@@H](CO)c1ccccc1. The molecule has 0 spiro atoms. The Morgan fingerprint density at radius 3 is 2.32 bits per heavy atom. The molecule has 1 aromatic rings. The maximum absolute atomic E-state index is 11.7. The van der Waals surface area contributed by atoms with E-state index in [0.717, 1.165) is 5.56 Å². The smallest absolute Gasteiger partial charge is 0.303 e. The van der Waals surface area contributed by atoms with E-state index in [4.69, 9.17) is 5.11 Å². The molecule has 5 heteroatoms. The van der Waals surface area contributed by atoms with Gasteiger partial charge in [-0.3, -0.25) is 9.59 Å². The van der Waals surface area contributed by atoms with Crippen LogP contribution in [0, 0.1) is 0 Å². The summed E-state index contributed by atoms with van der Waals surface area (Å²) in [7, 11) is 0. The van der Waals surface area contributed by atoms with E-state index in [9.17, 15) is 14.7 Å². The highest BCUT2D eigenvalue weighted by Gasteiger charge is 2.12. The predicted octanol–water partition coefficient (Wildman–Crippen LogP) is 1.48. The Bertz CT molecular complexity index is 405. The summed E-state index contributed by atoms with van der Waals surface area (Å²) in [4.78, 5) is 22.0. The van der Waals surface area contributed by atoms with Gasteiger partial charge < -0.3 is 15.5 Å². The number of hydrogen-bond acceptors (Lipinski definition) is 3. The maximum atomic E-state index is 11.7. The van der Waals surface area contributed by atoms with Crippen molar-refractivity contribution in [3.63, 3.8) is 0 Å². The van der Waals surface area contributed by atoms with Crippen LogP contribution in [0.25, 0.3) is 0 Å². The number of carboxylic acid groups (broad SMARTS) is 1. The molecule has 5 nitrogen and oxygen atoms in total. The Morgan fingerprint density at radius 2 is 1.74 bits per heavy atom. The van der Waals surface area contributed by atoms with Crippen LogP contribution in [0.1, 0.15) is 37.3 Å². The largest absolute Gasteiger partial charge is 0.481 e. The van der Waals surface area contributed by atoms with Gasteiger partial charge in [0.25, 0.3) is 0 Å². The number of nitrogens with one attached hydrogen (secondary N) is 1. The summed E-state index contributed by atoms with van der Waals surface area (Å²) in [5.74, 6) is -1.02. The summed E-state index contributed by atoms with van der Waals surface area (Å²) >= 11 is 0. The highest BCUT2D eigenvalue weighted by molar-refractivity contribution is 5.76. The zero-order valence-electron chi connectivity index (χ0n) is 10.7. The van der Waals surface area contributed by atoms with Gasteiger partial charge in [-0.05, 0) is 18.4 Å². The molecule has 0 radical (unpaired) electrons. The van der Waals surface area contributed by atoms with Crippen LogP contribution in [0.15, 0.2) is 30.3 Å². The molecule has 0 saturated carbocycles. The van der Waals surface area contributed by atoms with Gasteiger partial charge in [-0.2, -0.15) is 0 Å². The van der Waals surface area contributed by atoms with Crippen LogP contribution in [0.4, 0.5) is 0 Å². The number of rotatable bonds is 8. The standard InChI is InChI=1S/C14H19NO4/c16-10-12(11-6-2-1-3-7-11)15-13(17)8-4-5-9-14(18)19/h1-3,6-7,12,16H,4-5,8-10H2,(H,15,17)(H,18,19)/t12-/m0/s1. The van der Waals surface area contributed by atoms with Gasteiger partial charge in [-0.15, -0.1) is 0 Å². The number of carbonyl (C=O) groups is 2. The van der Waals surface area contributed by atoms with E-state index in [1.807, 2.05) is 30.3 Å². The number of carboxylic acids is 1. The van der Waals surface area contributed by atoms with Gasteiger partial charge in [0, 0.05) is 12.8 Å². The van der Waals surface area contributed by atoms with E-state index in [1.54, 1.807) is 0 Å². The summed E-state index contributed by atoms with van der Waals surface area (Å²) in [6.07, 6.45) is 1.37. The van der Waals surface area contributed by atoms with Crippen LogP contribution < -0.4 is 5.32 Å². The zero-order valence-corrected chi connectivity index (χ0v) is 10.7. The van der Waals surface area contributed by atoms with Crippen molar-refractivity contribution in [2.24, 2.45) is 0 Å². The minimum Gasteiger partial charge on any atom is -0.481 e. The first kappa shape index (κ1) is 15.2. The van der Waals surface area contributed by atoms with Crippen LogP contribution in [0.5, 0.6) is 0 Å². The van der Waals surface area contributed by atoms with Crippen molar-refractivity contribution in [1.82, 2.24) is 5.32 Å². The van der Waals surface area contributed by atoms with Crippen molar-refractivity contribution in [2.45, 2.75) is 31.7 Å². The minimum absolute atomic E-state index is 0.0788. The molecule has 1 atom stereocenters. The third-order valence-corrected chi connectivity index (χ3v) is 2.76. The number of hydrogen-bond donors (Lipinski definition) is 3. The number of unbranched alkanes of at least 4 members (excludes halogenated alkanes) is 1. The Kier molecular flexibility index (Phi) is 6.60. The first-order valence-electron chi connectivity index (χ1n) is 6.30. The molecule has 0 fully saturated rings. The van der Waals surface area contributed by atoms with Crippen molar-refractivity contribution in [1.29, 1.82) is 0 Å². The lowest BCUT2D eigenvalue weighted by atomic mass is 10.1. The Labute approximate surface area is 112 Å². The fourth-order valence-corrected chi connectivity index (χ4v) is 1.75. The molecule has 1 amide bonds. The molecule has 1 rings (SSSR count). The summed E-state index contributed by atoms with van der Waals surface area (Å²) in [5.41, 5.74) is 0.851. The van der Waals surface area contributed by atoms with Gasteiger partial charge >= 0.3 is 5.97 Å². The van der Waals surface area contributed by atoms with Crippen LogP contribution in [-0.2, 0) is 9.59 Å². The zero-order chi connectivity index (χ0) is 14.1. The Hall–Kier alpha value is -1.88. The van der Waals surface area contributed by atoms with Crippen molar-refractivity contribution >= 4 is 11.9 Å². The number of carbonyl (C=O) groups excluding carboxylic acids is 1. The van der Waals surface area contributed by atoms with Crippen LogP contribution >= 0.6 is 0 Å². The van der Waals surface area contributed by atoms with Crippen LogP contribution in [0.3, 0.4) is 0 Å². The quantitative estimate of drug-likeness (QED) is 0.621. The molecule has 0 aliphatic carbocycles. The van der Waals surface area contributed by atoms with Crippen LogP contribution in [-0.4, -0.2) is 28.7 Å². The molecule has 0 heterocycles. The van der Waals surface area contributed by atoms with Gasteiger partial charge in [0.05, 0.1) is 12.6 Å². The number of aliphatic hydroxyl groups is 1. The van der Waals surface area contributed by atoms with Crippen molar-refractivity contribution in [2.75, 3.05) is 6.61 Å². The average molecular weight is 265 g/mol. The van der Waals surface area contributed by atoms with Gasteiger partial charge in [0.1, 0.15) is 0 Å². The molecule has 1 aromatic carbocycles. The number of benzene rings is 1. The molecule has 0 saturated heterocycles. The van der Waals surface area contributed by atoms with Crippen LogP contribution in [0.2, 0.25) is 0 Å². The molecule has 3 N–H and O–H groups in total. The van der Waals surface area contributed by atoms with Gasteiger partial charge in [0.15, 0.2) is 0 Å². The third-order valence-electron chi connectivity index (χ3n) is 2.76. The lowest BCUT2D eigenvalue weighted by Gasteiger charge is -2.16. The van der Waals surface area contributed by atoms with Gasteiger partial charge in [-0.1, -0.05) is 30.3 Å². The molecule has 19 heavy (non-hydrogen) atoms. The molecule has 0 aromatic heterocycles. The second kappa shape index (κ2) is 8.26. The van der Waals surface area contributed by atoms with Crippen molar-refractivity contribution in [3.8, 4) is 0 Å². The summed E-state index contributed by atoms with van der Waals surface area (Å²) in [6, 6.07) is 8.82. The topological polar surface area (TPSA) is 86.6 Å². The summed E-state index contributed by atoms with van der Waals surface area (Å²) in [5, 5.41) is 20.5. The van der Waals surface area contributed by atoms with Crippen molar-refractivity contribution in [3.05, 3.63) is 35.9 Å². The van der Waals surface area contributed by atoms with E-state index in [0.29, 0.717) is 12.8 Å². The second-order valence-electron chi connectivity index (χ2n) is 4.31. The molecular weight excluding hydrogens is 246 g/mol. The number of aliphatic hydroxyl groups excluding tert-OH is 1. The molecule has 0 aliphatic heterocycles. The van der Waals surface area contributed by atoms with E-state index >= 15 is 0 Å². The Morgan fingerprint density at radius 1 is 1.11 bits per heavy atom. The number of amides is 1. The van der Waals surface area contributed by atoms with E-state index in [2.05, 4.69) is 5.32 Å². The summed E-state index contributed by atoms with van der Waals surface area (Å²) < 4.78 is 0. The maximum Gasteiger partial charge on any atom is 0.303 e. The lowest BCUT2D eigenvalue weighted by Crippen LogP contribution is -2.30. The molecule has 104 valence electrons. The normalized spacial score (nSPS) is 11.8. The molecular formula is C14H19NO4. The molecule has 0 bridgehead atoms. The monoisotopic (exact) mass is 265 g/mol. The van der Waals surface area contributed by atoms with Crippen molar-refractivity contribution < 1.29 is 19.8 Å². The second-order valence-corrected chi connectivity index (χ2v) is 4.31. The lowest BCUT2D eigenvalue weighted by molar-refractivity contribution is -0.137. The summed E-state index contributed by atoms with van der Waals surface area (Å²) in [6.45, 7) is -0.162. The molecule has 0 aliphatic rings. The van der Waals surface area contributed by atoms with E-state index in [1.165, 1.54) is 0 Å². The average Bonchev–Trinajstić information content (AvgIpc) is 2.41. The van der Waals surface area contributed by atoms with E-state index < -0.39 is 12.0 Å². The van der Waals surface area contributed by atoms with E-state index in [-0.39, 0.29) is 25.4 Å². The highest BCUT2D eigenvalue weighted by atomic mass is 16.4. The number of aliphatic carboxylic acids is 1. The minimum atomic E-state index is -0.849. The van der Waals surface area contributed by atoms with Gasteiger partial charge in [-0.25, -0.2) is 0 Å².